The molecule has 6 rings (SSSR count). The lowest BCUT2D eigenvalue weighted by Gasteiger charge is -2.27. The van der Waals surface area contributed by atoms with Gasteiger partial charge in [-0.05, 0) is 78.6 Å². The molecule has 0 spiro atoms. The Labute approximate surface area is 264 Å². The number of carbonyl (C=O) groups is 2. The van der Waals surface area contributed by atoms with E-state index in [1.807, 2.05) is 49.5 Å². The van der Waals surface area contributed by atoms with E-state index >= 15 is 0 Å². The van der Waals surface area contributed by atoms with Crippen LogP contribution >= 0.6 is 0 Å². The molecule has 0 bridgehead atoms. The van der Waals surface area contributed by atoms with Crippen LogP contribution in [0.5, 0.6) is 11.5 Å². The van der Waals surface area contributed by atoms with Gasteiger partial charge in [0, 0.05) is 32.5 Å². The number of amides is 1. The number of nitrogens with one attached hydrogen (secondary N) is 1. The molecule has 0 aliphatic carbocycles. The number of fused-ring (bicyclic) bond motifs is 1. The summed E-state index contributed by atoms with van der Waals surface area (Å²) in [6, 6.07) is 18.4. The van der Waals surface area contributed by atoms with Gasteiger partial charge in [-0.1, -0.05) is 41.6 Å². The molecule has 0 unspecified atom stereocenters. The maximum absolute atomic E-state index is 14.0. The van der Waals surface area contributed by atoms with Crippen LogP contribution in [0.2, 0.25) is 0 Å². The molecule has 0 radical (unpaired) electrons. The molecule has 1 aromatic heterocycles. The number of ketones is 1. The van der Waals surface area contributed by atoms with Crippen molar-refractivity contribution in [2.45, 2.75) is 56.5 Å². The highest BCUT2D eigenvalue weighted by Crippen LogP contribution is 2.37. The molecular weight excluding hydrogens is 599 g/mol. The van der Waals surface area contributed by atoms with E-state index in [1.165, 1.54) is 12.1 Å². The monoisotopic (exact) mass is 635 g/mol. The van der Waals surface area contributed by atoms with Crippen LogP contribution in [0.3, 0.4) is 0 Å². The van der Waals surface area contributed by atoms with Gasteiger partial charge < -0.3 is 19.7 Å². The van der Waals surface area contributed by atoms with Gasteiger partial charge in [0.05, 0.1) is 24.7 Å². The summed E-state index contributed by atoms with van der Waals surface area (Å²) >= 11 is 0. The van der Waals surface area contributed by atoms with Crippen LogP contribution in [-0.4, -0.2) is 70.2 Å². The van der Waals surface area contributed by atoms with Gasteiger partial charge in [-0.25, -0.2) is 4.68 Å². The standard InChI is InChI=1S/C34H36F3N5O4/c1-41-29-13-9-22(16-27(29)39-40-41)10-14-31(43)30-17-23(15-21-7-11-25(45-2)12-8-21)20-42(30)33(44)28-18-24(19-38-28)26-5-3-4-6-32(26)46-34(35,36)37/h3-9,11-13,16,23-24,28,30,38H,10,14-15,17-20H2,1-2H3/t23-,24-,28-,30+/m1/s1. The van der Waals surface area contributed by atoms with Crippen molar-refractivity contribution in [1.29, 1.82) is 0 Å². The predicted octanol–water partition coefficient (Wildman–Crippen LogP) is 4.98. The Morgan fingerprint density at radius 1 is 1.02 bits per heavy atom. The first kappa shape index (κ1) is 31.5. The molecule has 2 aliphatic rings. The predicted molar refractivity (Wildman–Crippen MR) is 164 cm³/mol. The highest BCUT2D eigenvalue weighted by Gasteiger charge is 2.43. The number of likely N-dealkylation sites (tertiary alicyclic amines) is 1. The summed E-state index contributed by atoms with van der Waals surface area (Å²) in [6.07, 6.45) is -2.51. The first-order valence-corrected chi connectivity index (χ1v) is 15.4. The Kier molecular flexibility index (Phi) is 8.99. The highest BCUT2D eigenvalue weighted by molar-refractivity contribution is 5.92. The summed E-state index contributed by atoms with van der Waals surface area (Å²) in [5, 5.41) is 11.4. The van der Waals surface area contributed by atoms with Crippen molar-refractivity contribution < 1.29 is 32.2 Å². The third kappa shape index (κ3) is 7.01. The summed E-state index contributed by atoms with van der Waals surface area (Å²) in [6.45, 7) is 0.741. The van der Waals surface area contributed by atoms with Crippen molar-refractivity contribution in [3.63, 3.8) is 0 Å². The summed E-state index contributed by atoms with van der Waals surface area (Å²) in [5.74, 6) is -0.000553. The number of rotatable bonds is 10. The number of nitrogens with zero attached hydrogens (tertiary/aromatic N) is 4. The minimum absolute atomic E-state index is 0.0108. The topological polar surface area (TPSA) is 98.6 Å². The van der Waals surface area contributed by atoms with E-state index < -0.39 is 18.4 Å². The number of halogens is 3. The Morgan fingerprint density at radius 2 is 1.78 bits per heavy atom. The van der Waals surface area contributed by atoms with Crippen LogP contribution in [0.15, 0.2) is 66.7 Å². The molecule has 1 amide bonds. The van der Waals surface area contributed by atoms with Crippen molar-refractivity contribution in [2.75, 3.05) is 20.2 Å². The van der Waals surface area contributed by atoms with E-state index in [1.54, 1.807) is 28.8 Å². The Bertz CT molecular complexity index is 1710. The minimum atomic E-state index is -4.82. The summed E-state index contributed by atoms with van der Waals surface area (Å²) in [4.78, 5) is 29.5. The van der Waals surface area contributed by atoms with Gasteiger partial charge in [0.25, 0.3) is 0 Å². The summed E-state index contributed by atoms with van der Waals surface area (Å²) in [5.41, 5.74) is 4.11. The fourth-order valence-electron chi connectivity index (χ4n) is 6.79. The zero-order chi connectivity index (χ0) is 32.4. The number of carbonyl (C=O) groups excluding carboxylic acids is 2. The second kappa shape index (κ2) is 13.1. The lowest BCUT2D eigenvalue weighted by atomic mass is 9.94. The van der Waals surface area contributed by atoms with Gasteiger partial charge in [-0.15, -0.1) is 18.3 Å². The SMILES string of the molecule is COc1ccc(C[C@@H]2C[C@@H](C(=O)CCc3ccc4c(c3)nnn4C)N(C(=O)[C@H]3C[C@@H](c4ccccc4OC(F)(F)F)CN3)C2)cc1. The smallest absolute Gasteiger partial charge is 0.497 e. The van der Waals surface area contributed by atoms with Crippen molar-refractivity contribution >= 4 is 22.7 Å². The van der Waals surface area contributed by atoms with Crippen molar-refractivity contribution in [1.82, 2.24) is 25.2 Å². The maximum Gasteiger partial charge on any atom is 0.573 e. The van der Waals surface area contributed by atoms with Crippen LogP contribution in [0.4, 0.5) is 13.2 Å². The quantitative estimate of drug-likeness (QED) is 0.263. The number of hydrogen-bond donors (Lipinski definition) is 1. The normalized spacial score (nSPS) is 21.5. The molecule has 4 aromatic rings. The van der Waals surface area contributed by atoms with Crippen LogP contribution in [0, 0.1) is 5.92 Å². The van der Waals surface area contributed by atoms with Gasteiger partial charge in [-0.2, -0.15) is 0 Å². The average Bonchev–Trinajstić information content (AvgIpc) is 3.79. The minimum Gasteiger partial charge on any atom is -0.497 e. The van der Waals surface area contributed by atoms with Gasteiger partial charge in [0.15, 0.2) is 5.78 Å². The number of aryl methyl sites for hydroxylation is 2. The summed E-state index contributed by atoms with van der Waals surface area (Å²) in [7, 11) is 3.43. The lowest BCUT2D eigenvalue weighted by molar-refractivity contribution is -0.275. The number of methoxy groups -OCH3 is 1. The van der Waals surface area contributed by atoms with E-state index in [4.69, 9.17) is 4.74 Å². The molecule has 1 N–H and O–H groups in total. The molecule has 2 saturated heterocycles. The van der Waals surface area contributed by atoms with Crippen molar-refractivity contribution in [2.24, 2.45) is 13.0 Å². The first-order chi connectivity index (χ1) is 22.1. The number of Topliss-reactive ketones (excluding diaryl/α,β-unsaturated/α-hetero) is 1. The average molecular weight is 636 g/mol. The second-order valence-electron chi connectivity index (χ2n) is 12.1. The third-order valence-electron chi connectivity index (χ3n) is 9.07. The Morgan fingerprint density at radius 3 is 2.54 bits per heavy atom. The molecule has 46 heavy (non-hydrogen) atoms. The fourth-order valence-corrected chi connectivity index (χ4v) is 6.79. The van der Waals surface area contributed by atoms with Gasteiger partial charge in [0.2, 0.25) is 5.91 Å². The Balaban J connectivity index is 1.17. The number of para-hydroxylation sites is 1. The molecule has 242 valence electrons. The van der Waals surface area contributed by atoms with Crippen LogP contribution < -0.4 is 14.8 Å². The van der Waals surface area contributed by atoms with E-state index in [0.717, 1.165) is 27.9 Å². The number of benzene rings is 3. The largest absolute Gasteiger partial charge is 0.573 e. The molecule has 2 fully saturated rings. The molecule has 4 atom stereocenters. The molecule has 0 saturated carbocycles. The second-order valence-corrected chi connectivity index (χ2v) is 12.1. The number of alkyl halides is 3. The number of hydrogen-bond acceptors (Lipinski definition) is 7. The molecule has 9 nitrogen and oxygen atoms in total. The van der Waals surface area contributed by atoms with Crippen LogP contribution in [-0.2, 0) is 29.5 Å². The Hall–Kier alpha value is -4.45. The third-order valence-corrected chi connectivity index (χ3v) is 9.07. The van der Waals surface area contributed by atoms with Gasteiger partial charge in [-0.3, -0.25) is 9.59 Å². The maximum atomic E-state index is 14.0. The number of aromatic nitrogens is 3. The van der Waals surface area contributed by atoms with E-state index in [-0.39, 0.29) is 35.7 Å². The van der Waals surface area contributed by atoms with E-state index in [0.29, 0.717) is 44.3 Å². The van der Waals surface area contributed by atoms with Gasteiger partial charge in [0.1, 0.15) is 17.0 Å². The lowest BCUT2D eigenvalue weighted by Crippen LogP contribution is -2.48. The van der Waals surface area contributed by atoms with E-state index in [2.05, 4.69) is 20.4 Å². The molecule has 12 heteroatoms. The van der Waals surface area contributed by atoms with E-state index in [9.17, 15) is 22.8 Å². The molecule has 3 heterocycles. The highest BCUT2D eigenvalue weighted by atomic mass is 19.4. The van der Waals surface area contributed by atoms with Crippen LogP contribution in [0.25, 0.3) is 11.0 Å². The zero-order valence-electron chi connectivity index (χ0n) is 25.7. The van der Waals surface area contributed by atoms with Crippen molar-refractivity contribution in [3.8, 4) is 11.5 Å². The summed E-state index contributed by atoms with van der Waals surface area (Å²) < 4.78 is 50.4. The fraction of sp³-hybridized carbons (Fsp3) is 0.412. The molecular formula is C34H36F3N5O4. The van der Waals surface area contributed by atoms with Gasteiger partial charge >= 0.3 is 6.36 Å². The van der Waals surface area contributed by atoms with Crippen molar-refractivity contribution in [3.05, 3.63) is 83.4 Å². The molecule has 2 aliphatic heterocycles. The van der Waals surface area contributed by atoms with Crippen LogP contribution in [0.1, 0.15) is 41.9 Å². The zero-order valence-corrected chi connectivity index (χ0v) is 25.7. The number of ether oxygens (including phenoxy) is 2. The first-order valence-electron chi connectivity index (χ1n) is 15.4. The molecule has 3 aromatic carbocycles.